The van der Waals surface area contributed by atoms with Crippen molar-refractivity contribution in [1.29, 1.82) is 0 Å². The first-order valence-corrected chi connectivity index (χ1v) is 22.2. The molecule has 0 aliphatic heterocycles. The molecule has 298 valence electrons. The fraction of sp³-hybridized carbons (Fsp3) is 0.0164. The SMILES string of the molecule is c1ccc(-n2c3ccccc3c3cc(-c4ccc5c(c4)c4cc(-c6ccc7c(c6)c6ccccc6n7-c6ccccc6)ccc4n5-c4ccc5c(c4)-c4ccccc4C5)ccc32)cc1. The standard InChI is InChI=1S/C61H39N3/c1-3-14-45(15-4-1)62-56-21-11-9-19-49(56)52-34-39(24-29-58(52)62)41-26-31-60-54(36-41)55-37-42(27-32-61(55)64(60)47-28-23-44-33-43-13-7-8-18-48(43)51(44)38-47)40-25-30-59-53(35-40)50-20-10-12-22-57(50)63(59)46-16-5-2-6-17-46/h1-32,34-38H,33H2. The Morgan fingerprint density at radius 1 is 0.234 bits per heavy atom. The molecule has 1 aliphatic rings. The number of hydrogen-bond donors (Lipinski definition) is 0. The minimum atomic E-state index is 0.981. The first-order valence-electron chi connectivity index (χ1n) is 22.2. The van der Waals surface area contributed by atoms with Gasteiger partial charge in [0.05, 0.1) is 33.1 Å². The first-order chi connectivity index (χ1) is 31.7. The molecule has 3 nitrogen and oxygen atoms in total. The van der Waals surface area contributed by atoms with E-state index in [4.69, 9.17) is 0 Å². The van der Waals surface area contributed by atoms with E-state index < -0.39 is 0 Å². The largest absolute Gasteiger partial charge is 0.309 e. The summed E-state index contributed by atoms with van der Waals surface area (Å²) in [6, 6.07) is 83.0. The lowest BCUT2D eigenvalue weighted by molar-refractivity contribution is 1.17. The third-order valence-electron chi connectivity index (χ3n) is 13.8. The lowest BCUT2D eigenvalue weighted by Crippen LogP contribution is -1.95. The molecule has 0 saturated heterocycles. The smallest absolute Gasteiger partial charge is 0.0541 e. The van der Waals surface area contributed by atoms with Crippen molar-refractivity contribution in [1.82, 2.24) is 13.7 Å². The summed E-state index contributed by atoms with van der Waals surface area (Å²) in [7, 11) is 0. The van der Waals surface area contributed by atoms with Crippen molar-refractivity contribution >= 4 is 65.4 Å². The molecule has 64 heavy (non-hydrogen) atoms. The van der Waals surface area contributed by atoms with Gasteiger partial charge >= 0.3 is 0 Å². The topological polar surface area (TPSA) is 14.8 Å². The molecule has 3 heterocycles. The zero-order valence-electron chi connectivity index (χ0n) is 34.9. The summed E-state index contributed by atoms with van der Waals surface area (Å²) in [6.45, 7) is 0. The zero-order chi connectivity index (χ0) is 41.9. The minimum absolute atomic E-state index is 0.981. The summed E-state index contributed by atoms with van der Waals surface area (Å²) in [4.78, 5) is 0. The molecule has 3 aromatic heterocycles. The number of benzene rings is 10. The van der Waals surface area contributed by atoms with Gasteiger partial charge in [-0.2, -0.15) is 0 Å². The quantitative estimate of drug-likeness (QED) is 0.164. The van der Waals surface area contributed by atoms with E-state index >= 15 is 0 Å². The number of hydrogen-bond acceptors (Lipinski definition) is 0. The van der Waals surface area contributed by atoms with Gasteiger partial charge in [-0.3, -0.25) is 0 Å². The molecule has 0 bridgehead atoms. The third kappa shape index (κ3) is 5.16. The van der Waals surface area contributed by atoms with Crippen LogP contribution in [-0.2, 0) is 6.42 Å². The van der Waals surface area contributed by atoms with Crippen LogP contribution >= 0.6 is 0 Å². The van der Waals surface area contributed by atoms with Gasteiger partial charge in [0, 0.05) is 49.4 Å². The fourth-order valence-corrected chi connectivity index (χ4v) is 10.9. The zero-order valence-corrected chi connectivity index (χ0v) is 34.9. The molecule has 1 aliphatic carbocycles. The van der Waals surface area contributed by atoms with Crippen LogP contribution in [0.25, 0.3) is 116 Å². The van der Waals surface area contributed by atoms with Crippen LogP contribution < -0.4 is 0 Å². The second-order valence-corrected chi connectivity index (χ2v) is 17.3. The summed E-state index contributed by atoms with van der Waals surface area (Å²) < 4.78 is 7.25. The Balaban J connectivity index is 0.975. The molecule has 0 saturated carbocycles. The summed E-state index contributed by atoms with van der Waals surface area (Å²) in [6.07, 6.45) is 0.981. The monoisotopic (exact) mass is 813 g/mol. The van der Waals surface area contributed by atoms with Crippen molar-refractivity contribution in [2.24, 2.45) is 0 Å². The molecule has 10 aromatic carbocycles. The van der Waals surface area contributed by atoms with Gasteiger partial charge in [0.15, 0.2) is 0 Å². The van der Waals surface area contributed by atoms with Crippen molar-refractivity contribution in [3.05, 3.63) is 236 Å². The molecule has 0 spiro atoms. The average molecular weight is 814 g/mol. The molecule has 13 aromatic rings. The Kier molecular flexibility index (Phi) is 7.46. The molecule has 0 fully saturated rings. The van der Waals surface area contributed by atoms with Gasteiger partial charge in [0.25, 0.3) is 0 Å². The van der Waals surface area contributed by atoms with E-state index in [9.17, 15) is 0 Å². The maximum atomic E-state index is 2.48. The average Bonchev–Trinajstić information content (AvgIpc) is 4.10. The highest BCUT2D eigenvalue weighted by molar-refractivity contribution is 6.14. The van der Waals surface area contributed by atoms with Crippen LogP contribution in [0.3, 0.4) is 0 Å². The van der Waals surface area contributed by atoms with Crippen LogP contribution in [0.4, 0.5) is 0 Å². The summed E-state index contributed by atoms with van der Waals surface area (Å²) in [5.41, 5.74) is 21.1. The van der Waals surface area contributed by atoms with Crippen LogP contribution in [0.1, 0.15) is 11.1 Å². The van der Waals surface area contributed by atoms with Gasteiger partial charge in [0.2, 0.25) is 0 Å². The van der Waals surface area contributed by atoms with Crippen LogP contribution in [-0.4, -0.2) is 13.7 Å². The van der Waals surface area contributed by atoms with Crippen molar-refractivity contribution in [3.8, 4) is 50.4 Å². The first kappa shape index (κ1) is 35.2. The van der Waals surface area contributed by atoms with E-state index in [0.717, 1.165) is 6.42 Å². The molecular weight excluding hydrogens is 775 g/mol. The number of rotatable bonds is 5. The Morgan fingerprint density at radius 2 is 0.609 bits per heavy atom. The highest BCUT2D eigenvalue weighted by Crippen LogP contribution is 2.43. The number of nitrogens with zero attached hydrogens (tertiary/aromatic N) is 3. The van der Waals surface area contributed by atoms with Crippen molar-refractivity contribution < 1.29 is 0 Å². The van der Waals surface area contributed by atoms with E-state index in [1.807, 2.05) is 0 Å². The van der Waals surface area contributed by atoms with Gasteiger partial charge in [-0.1, -0.05) is 127 Å². The second kappa shape index (κ2) is 13.5. The van der Waals surface area contributed by atoms with Crippen LogP contribution in [0.15, 0.2) is 224 Å². The predicted octanol–water partition coefficient (Wildman–Crippen LogP) is 15.9. The van der Waals surface area contributed by atoms with Crippen molar-refractivity contribution in [2.45, 2.75) is 6.42 Å². The highest BCUT2D eigenvalue weighted by Gasteiger charge is 2.22. The Labute approximate surface area is 369 Å². The summed E-state index contributed by atoms with van der Waals surface area (Å²) in [5.74, 6) is 0. The number of fused-ring (bicyclic) bond motifs is 12. The molecule has 0 unspecified atom stereocenters. The Morgan fingerprint density at radius 3 is 1.11 bits per heavy atom. The molecule has 0 atom stereocenters. The van der Waals surface area contributed by atoms with E-state index in [0.29, 0.717) is 0 Å². The van der Waals surface area contributed by atoms with Gasteiger partial charge in [-0.25, -0.2) is 0 Å². The van der Waals surface area contributed by atoms with Crippen LogP contribution in [0.2, 0.25) is 0 Å². The van der Waals surface area contributed by atoms with Gasteiger partial charge in [0.1, 0.15) is 0 Å². The lowest BCUT2D eigenvalue weighted by atomic mass is 9.98. The fourth-order valence-electron chi connectivity index (χ4n) is 10.9. The maximum absolute atomic E-state index is 2.48. The number of aromatic nitrogens is 3. The molecule has 0 radical (unpaired) electrons. The van der Waals surface area contributed by atoms with E-state index in [1.165, 1.54) is 127 Å². The Bertz CT molecular complexity index is 3820. The molecule has 0 amide bonds. The second-order valence-electron chi connectivity index (χ2n) is 17.3. The molecule has 3 heteroatoms. The predicted molar refractivity (Wildman–Crippen MR) is 269 cm³/mol. The Hall–Kier alpha value is -8.40. The lowest BCUT2D eigenvalue weighted by Gasteiger charge is -2.11. The van der Waals surface area contributed by atoms with Crippen molar-refractivity contribution in [2.75, 3.05) is 0 Å². The molecule has 0 N–H and O–H groups in total. The maximum Gasteiger partial charge on any atom is 0.0541 e. The van der Waals surface area contributed by atoms with Gasteiger partial charge < -0.3 is 13.7 Å². The van der Waals surface area contributed by atoms with Crippen LogP contribution in [0.5, 0.6) is 0 Å². The third-order valence-corrected chi connectivity index (χ3v) is 13.8. The highest BCUT2D eigenvalue weighted by atomic mass is 15.0. The summed E-state index contributed by atoms with van der Waals surface area (Å²) in [5, 5.41) is 7.50. The van der Waals surface area contributed by atoms with Gasteiger partial charge in [-0.15, -0.1) is 0 Å². The van der Waals surface area contributed by atoms with E-state index in [-0.39, 0.29) is 0 Å². The van der Waals surface area contributed by atoms with Crippen LogP contribution in [0, 0.1) is 0 Å². The van der Waals surface area contributed by atoms with E-state index in [2.05, 4.69) is 238 Å². The minimum Gasteiger partial charge on any atom is -0.309 e. The number of para-hydroxylation sites is 4. The molecular formula is C61H39N3. The molecule has 14 rings (SSSR count). The van der Waals surface area contributed by atoms with Crippen molar-refractivity contribution in [3.63, 3.8) is 0 Å². The van der Waals surface area contributed by atoms with E-state index in [1.54, 1.807) is 0 Å². The summed E-state index contributed by atoms with van der Waals surface area (Å²) >= 11 is 0. The normalized spacial score (nSPS) is 12.3. The van der Waals surface area contributed by atoms with Gasteiger partial charge in [-0.05, 0) is 148 Å².